The molecule has 22 heavy (non-hydrogen) atoms. The van der Waals surface area contributed by atoms with Gasteiger partial charge in [0.05, 0.1) is 0 Å². The number of alkyl halides is 3. The van der Waals surface area contributed by atoms with Crippen LogP contribution in [0.3, 0.4) is 0 Å². The van der Waals surface area contributed by atoms with Crippen molar-refractivity contribution in [3.8, 4) is 11.5 Å². The Bertz CT molecular complexity index is 844. The minimum Gasteiger partial charge on any atom is -0.485 e. The normalized spacial score (nSPS) is 17.9. The number of aromatic nitrogens is 4. The molecule has 0 saturated carbocycles. The minimum atomic E-state index is -4.61. The summed E-state index contributed by atoms with van der Waals surface area (Å²) in [6.45, 7) is 0.169. The van der Waals surface area contributed by atoms with Crippen LogP contribution in [-0.4, -0.2) is 26.4 Å². The first-order valence-electron chi connectivity index (χ1n) is 6.20. The van der Waals surface area contributed by atoms with Crippen LogP contribution in [0.4, 0.5) is 13.2 Å². The van der Waals surface area contributed by atoms with E-state index in [1.165, 1.54) is 0 Å². The van der Waals surface area contributed by atoms with Crippen molar-refractivity contribution in [3.63, 3.8) is 0 Å². The first-order chi connectivity index (χ1) is 10.5. The maximum Gasteiger partial charge on any atom is 0.453 e. The highest BCUT2D eigenvalue weighted by Crippen LogP contribution is 2.37. The van der Waals surface area contributed by atoms with E-state index in [1.807, 2.05) is 0 Å². The number of halogens is 3. The lowest BCUT2D eigenvalue weighted by atomic mass is 10.3. The molecule has 0 bridgehead atoms. The molecule has 1 aromatic carbocycles. The zero-order valence-electron chi connectivity index (χ0n) is 10.7. The molecule has 0 amide bonds. The fraction of sp³-hybridized carbons (Fsp3) is 0.250. The second-order valence-electron chi connectivity index (χ2n) is 4.52. The van der Waals surface area contributed by atoms with Crippen molar-refractivity contribution in [1.29, 1.82) is 0 Å². The summed E-state index contributed by atoms with van der Waals surface area (Å²) in [6, 6.07) is 7.07. The number of hydrogen-bond donors (Lipinski definition) is 0. The summed E-state index contributed by atoms with van der Waals surface area (Å²) >= 11 is 0.989. The molecule has 1 atom stereocenters. The van der Waals surface area contributed by atoms with Crippen molar-refractivity contribution < 1.29 is 22.6 Å². The second-order valence-corrected chi connectivity index (χ2v) is 5.51. The van der Waals surface area contributed by atoms with Crippen molar-refractivity contribution in [2.45, 2.75) is 12.3 Å². The highest BCUT2D eigenvalue weighted by Gasteiger charge is 2.39. The number of benzene rings is 1. The maximum atomic E-state index is 12.8. The Morgan fingerprint density at radius 3 is 2.73 bits per heavy atom. The molecule has 10 heteroatoms. The van der Waals surface area contributed by atoms with Crippen molar-refractivity contribution in [2.75, 3.05) is 6.61 Å². The van der Waals surface area contributed by atoms with Crippen LogP contribution in [0.1, 0.15) is 16.9 Å². The van der Waals surface area contributed by atoms with E-state index >= 15 is 0 Å². The van der Waals surface area contributed by atoms with Crippen LogP contribution in [-0.2, 0) is 6.18 Å². The van der Waals surface area contributed by atoms with E-state index in [2.05, 4.69) is 15.3 Å². The van der Waals surface area contributed by atoms with E-state index in [0.717, 1.165) is 11.3 Å². The third kappa shape index (κ3) is 2.06. The predicted molar refractivity (Wildman–Crippen MR) is 69.0 cm³/mol. The van der Waals surface area contributed by atoms with Crippen LogP contribution >= 0.6 is 11.3 Å². The van der Waals surface area contributed by atoms with Crippen molar-refractivity contribution in [3.05, 3.63) is 35.1 Å². The number of para-hydroxylation sites is 2. The van der Waals surface area contributed by atoms with Crippen molar-refractivity contribution >= 4 is 16.3 Å². The third-order valence-electron chi connectivity index (χ3n) is 3.04. The highest BCUT2D eigenvalue weighted by molar-refractivity contribution is 7.16. The number of fused-ring (bicyclic) bond motifs is 2. The van der Waals surface area contributed by atoms with Gasteiger partial charge in [-0.2, -0.15) is 22.8 Å². The second kappa shape index (κ2) is 4.57. The summed E-state index contributed by atoms with van der Waals surface area (Å²) in [7, 11) is 0. The molecule has 3 heterocycles. The Morgan fingerprint density at radius 1 is 1.18 bits per heavy atom. The first-order valence-corrected chi connectivity index (χ1v) is 7.02. The lowest BCUT2D eigenvalue weighted by molar-refractivity contribution is -0.146. The summed E-state index contributed by atoms with van der Waals surface area (Å²) < 4.78 is 50.3. The Morgan fingerprint density at radius 2 is 1.95 bits per heavy atom. The standard InChI is InChI=1S/C12H7F3N4O2S/c13-12(14,15)10-16-17-11-19(10)18-9(22-11)8-5-20-6-3-1-2-4-7(6)21-8/h1-4,8H,5H2/t8-/m0/s1. The van der Waals surface area contributed by atoms with E-state index in [-0.39, 0.29) is 11.6 Å². The van der Waals surface area contributed by atoms with Gasteiger partial charge in [-0.25, -0.2) is 0 Å². The van der Waals surface area contributed by atoms with Gasteiger partial charge >= 0.3 is 6.18 Å². The average molecular weight is 328 g/mol. The summed E-state index contributed by atoms with van der Waals surface area (Å²) in [6.07, 6.45) is -5.19. The van der Waals surface area contributed by atoms with E-state index in [4.69, 9.17) is 9.47 Å². The van der Waals surface area contributed by atoms with Gasteiger partial charge in [-0.3, -0.25) is 0 Å². The summed E-state index contributed by atoms with van der Waals surface area (Å²) in [5.41, 5.74) is 0. The van der Waals surface area contributed by atoms with Crippen LogP contribution in [0.5, 0.6) is 11.5 Å². The van der Waals surface area contributed by atoms with Gasteiger partial charge in [0.1, 0.15) is 6.61 Å². The molecule has 3 aromatic rings. The quantitative estimate of drug-likeness (QED) is 0.687. The Balaban J connectivity index is 1.70. The molecule has 0 spiro atoms. The zero-order valence-corrected chi connectivity index (χ0v) is 11.6. The van der Waals surface area contributed by atoms with E-state index < -0.39 is 18.1 Å². The molecule has 114 valence electrons. The molecule has 0 saturated heterocycles. The molecule has 6 nitrogen and oxygen atoms in total. The topological polar surface area (TPSA) is 61.5 Å². The number of rotatable bonds is 1. The number of nitrogens with zero attached hydrogens (tertiary/aromatic N) is 4. The molecule has 0 aliphatic carbocycles. The maximum absolute atomic E-state index is 12.8. The molecular weight excluding hydrogens is 321 g/mol. The van der Waals surface area contributed by atoms with Crippen molar-refractivity contribution in [1.82, 2.24) is 19.8 Å². The zero-order chi connectivity index (χ0) is 15.3. The van der Waals surface area contributed by atoms with Gasteiger partial charge in [-0.05, 0) is 12.1 Å². The van der Waals surface area contributed by atoms with E-state index in [0.29, 0.717) is 21.0 Å². The van der Waals surface area contributed by atoms with Gasteiger partial charge in [0.15, 0.2) is 22.6 Å². The molecule has 0 radical (unpaired) electrons. The predicted octanol–water partition coefficient (Wildman–Crippen LogP) is 2.72. The van der Waals surface area contributed by atoms with Crippen LogP contribution in [0.25, 0.3) is 4.96 Å². The molecule has 4 rings (SSSR count). The van der Waals surface area contributed by atoms with Gasteiger partial charge in [0, 0.05) is 0 Å². The molecule has 0 N–H and O–H groups in total. The Hall–Kier alpha value is -2.36. The molecule has 0 unspecified atom stereocenters. The van der Waals surface area contributed by atoms with Gasteiger partial charge in [-0.15, -0.1) is 10.2 Å². The van der Waals surface area contributed by atoms with Crippen LogP contribution in [0.2, 0.25) is 0 Å². The number of hydrogen-bond acceptors (Lipinski definition) is 6. The number of ether oxygens (including phenoxy) is 2. The lowest BCUT2D eigenvalue weighted by Gasteiger charge is -2.24. The van der Waals surface area contributed by atoms with Gasteiger partial charge < -0.3 is 9.47 Å². The monoisotopic (exact) mass is 328 g/mol. The SMILES string of the molecule is FC(F)(F)c1nnc2sc([C@@H]3COc4ccccc4O3)nn12. The van der Waals surface area contributed by atoms with Gasteiger partial charge in [0.25, 0.3) is 5.82 Å². The van der Waals surface area contributed by atoms with Gasteiger partial charge in [-0.1, -0.05) is 23.5 Å². The lowest BCUT2D eigenvalue weighted by Crippen LogP contribution is -2.22. The highest BCUT2D eigenvalue weighted by atomic mass is 32.1. The molecule has 1 aliphatic heterocycles. The summed E-state index contributed by atoms with van der Waals surface area (Å²) in [5.74, 6) is -0.0272. The first kappa shape index (κ1) is 13.3. The minimum absolute atomic E-state index is 0.0600. The molecule has 1 aliphatic rings. The molecular formula is C12H7F3N4O2S. The molecule has 0 fully saturated rings. The largest absolute Gasteiger partial charge is 0.485 e. The molecule has 2 aromatic heterocycles. The van der Waals surface area contributed by atoms with Crippen molar-refractivity contribution in [2.24, 2.45) is 0 Å². The van der Waals surface area contributed by atoms with Gasteiger partial charge in [0.2, 0.25) is 4.96 Å². The van der Waals surface area contributed by atoms with E-state index in [1.54, 1.807) is 24.3 Å². The van der Waals surface area contributed by atoms with Crippen LogP contribution in [0, 0.1) is 0 Å². The fourth-order valence-electron chi connectivity index (χ4n) is 2.08. The smallest absolute Gasteiger partial charge is 0.453 e. The average Bonchev–Trinajstić information content (AvgIpc) is 3.05. The van der Waals surface area contributed by atoms with Crippen LogP contribution < -0.4 is 9.47 Å². The summed E-state index contributed by atoms with van der Waals surface area (Å²) in [4.78, 5) is 0.0600. The Labute approximate surface area is 125 Å². The van der Waals surface area contributed by atoms with Crippen LogP contribution in [0.15, 0.2) is 24.3 Å². The Kier molecular flexibility index (Phi) is 2.76. The van der Waals surface area contributed by atoms with E-state index in [9.17, 15) is 13.2 Å². The summed E-state index contributed by atoms with van der Waals surface area (Å²) in [5, 5.41) is 10.9. The third-order valence-corrected chi connectivity index (χ3v) is 4.03. The fourth-order valence-corrected chi connectivity index (χ4v) is 2.93.